The SMILES string of the molecule is CC1(Cc2ccc(Br)cc2)CNCC1C(N)=O. The molecular formula is C13H17BrN2O. The second kappa shape index (κ2) is 4.78. The number of rotatable bonds is 3. The summed E-state index contributed by atoms with van der Waals surface area (Å²) in [5.74, 6) is -0.277. The molecule has 1 amide bonds. The average molecular weight is 297 g/mol. The Bertz CT molecular complexity index is 418. The maximum absolute atomic E-state index is 11.4. The highest BCUT2D eigenvalue weighted by molar-refractivity contribution is 9.10. The third-order valence-electron chi connectivity index (χ3n) is 3.58. The maximum atomic E-state index is 11.4. The molecule has 3 N–H and O–H groups in total. The van der Waals surface area contributed by atoms with Crippen LogP contribution in [-0.2, 0) is 11.2 Å². The molecule has 1 aromatic carbocycles. The van der Waals surface area contributed by atoms with E-state index in [1.54, 1.807) is 0 Å². The smallest absolute Gasteiger partial charge is 0.222 e. The highest BCUT2D eigenvalue weighted by Crippen LogP contribution is 2.34. The molecule has 1 fully saturated rings. The molecule has 2 unspecified atom stereocenters. The zero-order chi connectivity index (χ0) is 12.5. The summed E-state index contributed by atoms with van der Waals surface area (Å²) in [6.07, 6.45) is 0.876. The van der Waals surface area contributed by atoms with Gasteiger partial charge in [0, 0.05) is 17.6 Å². The Balaban J connectivity index is 2.16. The van der Waals surface area contributed by atoms with Crippen LogP contribution in [0.1, 0.15) is 12.5 Å². The quantitative estimate of drug-likeness (QED) is 0.892. The maximum Gasteiger partial charge on any atom is 0.222 e. The van der Waals surface area contributed by atoms with Gasteiger partial charge < -0.3 is 11.1 Å². The number of amides is 1. The number of carbonyl (C=O) groups is 1. The number of halogens is 1. The van der Waals surface area contributed by atoms with Crippen molar-refractivity contribution in [2.75, 3.05) is 13.1 Å². The lowest BCUT2D eigenvalue weighted by atomic mass is 9.75. The Labute approximate surface area is 110 Å². The first kappa shape index (κ1) is 12.6. The van der Waals surface area contributed by atoms with Crippen LogP contribution >= 0.6 is 15.9 Å². The van der Waals surface area contributed by atoms with E-state index >= 15 is 0 Å². The minimum Gasteiger partial charge on any atom is -0.369 e. The van der Waals surface area contributed by atoms with Gasteiger partial charge in [-0.1, -0.05) is 35.0 Å². The van der Waals surface area contributed by atoms with Gasteiger partial charge in [-0.25, -0.2) is 0 Å². The Hall–Kier alpha value is -0.870. The van der Waals surface area contributed by atoms with E-state index in [4.69, 9.17) is 5.73 Å². The highest BCUT2D eigenvalue weighted by Gasteiger charge is 2.41. The first-order valence-corrected chi connectivity index (χ1v) is 6.55. The van der Waals surface area contributed by atoms with Gasteiger partial charge in [0.05, 0.1) is 5.92 Å². The minimum atomic E-state index is -0.199. The number of hydrogen-bond donors (Lipinski definition) is 2. The summed E-state index contributed by atoms with van der Waals surface area (Å²) in [6.45, 7) is 3.67. The van der Waals surface area contributed by atoms with Crippen LogP contribution in [0.4, 0.5) is 0 Å². The largest absolute Gasteiger partial charge is 0.369 e. The Morgan fingerprint density at radius 1 is 1.53 bits per heavy atom. The number of nitrogens with one attached hydrogen (secondary N) is 1. The molecule has 3 nitrogen and oxygen atoms in total. The van der Waals surface area contributed by atoms with Crippen LogP contribution in [0.3, 0.4) is 0 Å². The standard InChI is InChI=1S/C13H17BrN2O/c1-13(8-16-7-11(13)12(15)17)6-9-2-4-10(14)5-3-9/h2-5,11,16H,6-8H2,1H3,(H2,15,17). The third kappa shape index (κ3) is 2.69. The van der Waals surface area contributed by atoms with Crippen molar-refractivity contribution in [2.24, 2.45) is 17.1 Å². The van der Waals surface area contributed by atoms with Gasteiger partial charge in [-0.2, -0.15) is 0 Å². The Morgan fingerprint density at radius 3 is 2.76 bits per heavy atom. The first-order chi connectivity index (χ1) is 8.01. The molecule has 0 aromatic heterocycles. The molecule has 1 saturated heterocycles. The number of benzene rings is 1. The molecule has 1 aromatic rings. The van der Waals surface area contributed by atoms with Gasteiger partial charge in [0.15, 0.2) is 0 Å². The second-order valence-electron chi connectivity index (χ2n) is 5.04. The first-order valence-electron chi connectivity index (χ1n) is 5.76. The fourth-order valence-electron chi connectivity index (χ4n) is 2.57. The van der Waals surface area contributed by atoms with E-state index in [-0.39, 0.29) is 17.2 Å². The monoisotopic (exact) mass is 296 g/mol. The molecule has 92 valence electrons. The summed E-state index contributed by atoms with van der Waals surface area (Å²) in [5, 5.41) is 3.27. The van der Waals surface area contributed by atoms with Crippen molar-refractivity contribution in [1.29, 1.82) is 0 Å². The van der Waals surface area contributed by atoms with E-state index < -0.39 is 0 Å². The summed E-state index contributed by atoms with van der Waals surface area (Å²) < 4.78 is 1.07. The molecule has 0 radical (unpaired) electrons. The number of carbonyl (C=O) groups excluding carboxylic acids is 1. The summed E-state index contributed by atoms with van der Waals surface area (Å²) in [4.78, 5) is 11.4. The van der Waals surface area contributed by atoms with Crippen LogP contribution in [0.2, 0.25) is 0 Å². The number of nitrogens with two attached hydrogens (primary N) is 1. The van der Waals surface area contributed by atoms with Gasteiger partial charge in [0.2, 0.25) is 5.91 Å². The summed E-state index contributed by atoms with van der Waals surface area (Å²) in [5.41, 5.74) is 6.64. The van der Waals surface area contributed by atoms with Crippen molar-refractivity contribution in [2.45, 2.75) is 13.3 Å². The van der Waals surface area contributed by atoms with E-state index in [2.05, 4.69) is 40.3 Å². The molecule has 1 heterocycles. The van der Waals surface area contributed by atoms with Gasteiger partial charge >= 0.3 is 0 Å². The fourth-order valence-corrected chi connectivity index (χ4v) is 2.83. The van der Waals surface area contributed by atoms with E-state index in [9.17, 15) is 4.79 Å². The third-order valence-corrected chi connectivity index (χ3v) is 4.11. The van der Waals surface area contributed by atoms with Crippen molar-refractivity contribution in [3.63, 3.8) is 0 Å². The molecule has 0 aliphatic carbocycles. The number of primary amides is 1. The predicted molar refractivity (Wildman–Crippen MR) is 71.5 cm³/mol. The van der Waals surface area contributed by atoms with Crippen LogP contribution in [0.5, 0.6) is 0 Å². The van der Waals surface area contributed by atoms with Gasteiger partial charge in [-0.15, -0.1) is 0 Å². The summed E-state index contributed by atoms with van der Waals surface area (Å²) >= 11 is 3.42. The van der Waals surface area contributed by atoms with Gasteiger partial charge in [0.25, 0.3) is 0 Å². The second-order valence-corrected chi connectivity index (χ2v) is 5.96. The lowest BCUT2D eigenvalue weighted by molar-refractivity contribution is -0.123. The summed E-state index contributed by atoms with van der Waals surface area (Å²) in [7, 11) is 0. The molecule has 0 spiro atoms. The molecule has 1 aliphatic rings. The van der Waals surface area contributed by atoms with Crippen LogP contribution in [0.25, 0.3) is 0 Å². The minimum absolute atomic E-state index is 0.0698. The van der Waals surface area contributed by atoms with Gasteiger partial charge in [-0.05, 0) is 29.5 Å². The molecule has 4 heteroatoms. The Morgan fingerprint density at radius 2 is 2.18 bits per heavy atom. The molecule has 1 aliphatic heterocycles. The van der Waals surface area contributed by atoms with E-state index in [1.165, 1.54) is 5.56 Å². The van der Waals surface area contributed by atoms with Crippen LogP contribution in [0.15, 0.2) is 28.7 Å². The Kier molecular flexibility index (Phi) is 3.54. The van der Waals surface area contributed by atoms with Crippen LogP contribution < -0.4 is 11.1 Å². The zero-order valence-corrected chi connectivity index (χ0v) is 11.5. The lowest BCUT2D eigenvalue weighted by Crippen LogP contribution is -2.38. The van der Waals surface area contributed by atoms with Crippen molar-refractivity contribution in [3.8, 4) is 0 Å². The van der Waals surface area contributed by atoms with E-state index in [0.717, 1.165) is 17.4 Å². The molecule has 2 atom stereocenters. The van der Waals surface area contributed by atoms with Crippen molar-refractivity contribution in [1.82, 2.24) is 5.32 Å². The average Bonchev–Trinajstić information content (AvgIpc) is 2.64. The molecule has 2 rings (SSSR count). The van der Waals surface area contributed by atoms with Crippen molar-refractivity contribution < 1.29 is 4.79 Å². The zero-order valence-electron chi connectivity index (χ0n) is 9.87. The lowest BCUT2D eigenvalue weighted by Gasteiger charge is -2.28. The van der Waals surface area contributed by atoms with E-state index in [0.29, 0.717) is 6.54 Å². The van der Waals surface area contributed by atoms with Crippen LogP contribution in [0, 0.1) is 11.3 Å². The fraction of sp³-hybridized carbons (Fsp3) is 0.462. The topological polar surface area (TPSA) is 55.1 Å². The van der Waals surface area contributed by atoms with Gasteiger partial charge in [0.1, 0.15) is 0 Å². The predicted octanol–water partition coefficient (Wildman–Crippen LogP) is 1.70. The van der Waals surface area contributed by atoms with E-state index in [1.807, 2.05) is 12.1 Å². The van der Waals surface area contributed by atoms with Crippen molar-refractivity contribution in [3.05, 3.63) is 34.3 Å². The molecule has 0 saturated carbocycles. The molecular weight excluding hydrogens is 280 g/mol. The van der Waals surface area contributed by atoms with Gasteiger partial charge in [-0.3, -0.25) is 4.79 Å². The highest BCUT2D eigenvalue weighted by atomic mass is 79.9. The van der Waals surface area contributed by atoms with Crippen LogP contribution in [-0.4, -0.2) is 19.0 Å². The molecule has 17 heavy (non-hydrogen) atoms. The number of hydrogen-bond acceptors (Lipinski definition) is 2. The normalized spacial score (nSPS) is 28.2. The van der Waals surface area contributed by atoms with Crippen molar-refractivity contribution >= 4 is 21.8 Å². The molecule has 0 bridgehead atoms. The summed E-state index contributed by atoms with van der Waals surface area (Å²) in [6, 6.07) is 8.23.